The molecule has 0 radical (unpaired) electrons. The number of amides is 1. The summed E-state index contributed by atoms with van der Waals surface area (Å²) in [5, 5.41) is 0. The molecule has 1 saturated heterocycles. The molecule has 0 spiro atoms. The molecule has 3 heterocycles. The Balaban J connectivity index is 1.27. The monoisotopic (exact) mass is 439 g/mol. The van der Waals surface area contributed by atoms with E-state index in [4.69, 9.17) is 0 Å². The number of H-pyrrole nitrogens is 1. The van der Waals surface area contributed by atoms with Crippen LogP contribution in [0.4, 0.5) is 0 Å². The third-order valence-corrected chi connectivity index (χ3v) is 5.94. The number of nitrogens with one attached hydrogen (secondary N) is 1. The number of hydrogen-bond acceptors (Lipinski definition) is 5. The van der Waals surface area contributed by atoms with E-state index in [0.717, 1.165) is 22.2 Å². The zero-order valence-corrected chi connectivity index (χ0v) is 18.5. The van der Waals surface area contributed by atoms with Gasteiger partial charge in [-0.05, 0) is 36.8 Å². The number of Topliss-reactive ketones (excluding diaryl/α,β-unsaturated/α-hetero) is 1. The molecule has 1 amide bonds. The van der Waals surface area contributed by atoms with E-state index in [1.54, 1.807) is 0 Å². The van der Waals surface area contributed by atoms with Crippen LogP contribution in [0.5, 0.6) is 0 Å². The first-order valence-corrected chi connectivity index (χ1v) is 11.1. The molecule has 1 aliphatic heterocycles. The molecule has 0 unspecified atom stereocenters. The Morgan fingerprint density at radius 1 is 0.909 bits per heavy atom. The van der Waals surface area contributed by atoms with Gasteiger partial charge in [0.2, 0.25) is 0 Å². The summed E-state index contributed by atoms with van der Waals surface area (Å²) in [4.78, 5) is 42.1. The summed E-state index contributed by atoms with van der Waals surface area (Å²) in [6.45, 7) is 4.77. The summed E-state index contributed by atoms with van der Waals surface area (Å²) in [6.07, 6.45) is 0. The quantitative estimate of drug-likeness (QED) is 0.481. The Morgan fingerprint density at radius 2 is 1.64 bits per heavy atom. The fourth-order valence-electron chi connectivity index (χ4n) is 4.16. The second kappa shape index (κ2) is 8.96. The van der Waals surface area contributed by atoms with Crippen LogP contribution >= 0.6 is 0 Å². The minimum Gasteiger partial charge on any atom is -0.337 e. The molecule has 0 bridgehead atoms. The zero-order valence-electron chi connectivity index (χ0n) is 18.5. The molecule has 4 aromatic rings. The molecule has 33 heavy (non-hydrogen) atoms. The normalized spacial score (nSPS) is 14.5. The number of carbonyl (C=O) groups is 2. The highest BCUT2D eigenvalue weighted by atomic mass is 16.2. The third kappa shape index (κ3) is 4.54. The molecule has 7 nitrogen and oxygen atoms in total. The zero-order chi connectivity index (χ0) is 22.8. The smallest absolute Gasteiger partial charge is 0.272 e. The number of imidazole rings is 1. The van der Waals surface area contributed by atoms with Crippen LogP contribution < -0.4 is 0 Å². The molecule has 1 aliphatic rings. The number of ketones is 1. The van der Waals surface area contributed by atoms with Gasteiger partial charge < -0.3 is 9.88 Å². The predicted octanol–water partition coefficient (Wildman–Crippen LogP) is 3.57. The minimum absolute atomic E-state index is 0.0925. The maximum absolute atomic E-state index is 13.2. The summed E-state index contributed by atoms with van der Waals surface area (Å²) in [5.41, 5.74) is 4.55. The van der Waals surface area contributed by atoms with E-state index in [1.807, 2.05) is 78.6 Å². The van der Waals surface area contributed by atoms with Crippen LogP contribution in [0.3, 0.4) is 0 Å². The lowest BCUT2D eigenvalue weighted by atomic mass is 10.1. The average molecular weight is 440 g/mol. The molecule has 0 saturated carbocycles. The highest BCUT2D eigenvalue weighted by molar-refractivity contribution is 5.97. The van der Waals surface area contributed by atoms with Crippen LogP contribution in [0.1, 0.15) is 26.4 Å². The Labute approximate surface area is 192 Å². The van der Waals surface area contributed by atoms with Gasteiger partial charge in [0.15, 0.2) is 11.6 Å². The van der Waals surface area contributed by atoms with E-state index < -0.39 is 0 Å². The van der Waals surface area contributed by atoms with Crippen molar-refractivity contribution in [3.8, 4) is 11.5 Å². The summed E-state index contributed by atoms with van der Waals surface area (Å²) in [5.74, 6) is 0.662. The number of piperazine rings is 1. The minimum atomic E-state index is -0.0925. The first kappa shape index (κ1) is 21.0. The number of hydrogen-bond donors (Lipinski definition) is 1. The van der Waals surface area contributed by atoms with E-state index >= 15 is 0 Å². The van der Waals surface area contributed by atoms with Crippen LogP contribution in [0.15, 0.2) is 66.7 Å². The fraction of sp³-hybridized carbons (Fsp3) is 0.231. The van der Waals surface area contributed by atoms with Gasteiger partial charge in [-0.3, -0.25) is 14.5 Å². The van der Waals surface area contributed by atoms with Gasteiger partial charge >= 0.3 is 0 Å². The summed E-state index contributed by atoms with van der Waals surface area (Å²) < 4.78 is 0. The van der Waals surface area contributed by atoms with Crippen LogP contribution in [-0.2, 0) is 0 Å². The standard InChI is InChI=1S/C26H25N5O2/c1-18-15-22(25-28-20-9-5-6-10-21(20)29-25)27-23(16-18)26(33)31-13-11-30(12-14-31)17-24(32)19-7-3-2-4-8-19/h2-10,15-16H,11-14,17H2,1H3,(H,28,29). The molecule has 7 heteroatoms. The second-order valence-electron chi connectivity index (χ2n) is 8.38. The van der Waals surface area contributed by atoms with Gasteiger partial charge in [-0.25, -0.2) is 9.97 Å². The van der Waals surface area contributed by atoms with E-state index in [1.165, 1.54) is 0 Å². The molecule has 2 aromatic heterocycles. The second-order valence-corrected chi connectivity index (χ2v) is 8.38. The predicted molar refractivity (Wildman–Crippen MR) is 127 cm³/mol. The summed E-state index contributed by atoms with van der Waals surface area (Å²) >= 11 is 0. The Kier molecular flexibility index (Phi) is 5.71. The van der Waals surface area contributed by atoms with Crippen molar-refractivity contribution in [3.63, 3.8) is 0 Å². The average Bonchev–Trinajstić information content (AvgIpc) is 3.29. The van der Waals surface area contributed by atoms with Crippen molar-refractivity contribution < 1.29 is 9.59 Å². The number of rotatable bonds is 5. The molecular weight excluding hydrogens is 414 g/mol. The van der Waals surface area contributed by atoms with Crippen LogP contribution in [-0.4, -0.2) is 69.2 Å². The van der Waals surface area contributed by atoms with Gasteiger partial charge in [-0.2, -0.15) is 0 Å². The number of carbonyl (C=O) groups excluding carboxylic acids is 2. The number of benzene rings is 2. The van der Waals surface area contributed by atoms with E-state index in [-0.39, 0.29) is 11.7 Å². The van der Waals surface area contributed by atoms with Crippen molar-refractivity contribution in [2.45, 2.75) is 6.92 Å². The molecule has 5 rings (SSSR count). The Hall–Kier alpha value is -3.84. The largest absolute Gasteiger partial charge is 0.337 e. The fourth-order valence-corrected chi connectivity index (χ4v) is 4.16. The Bertz CT molecular complexity index is 1270. The Morgan fingerprint density at radius 3 is 2.39 bits per heavy atom. The highest BCUT2D eigenvalue weighted by Gasteiger charge is 2.25. The lowest BCUT2D eigenvalue weighted by molar-refractivity contribution is 0.0619. The van der Waals surface area contributed by atoms with E-state index in [2.05, 4.69) is 19.9 Å². The van der Waals surface area contributed by atoms with Crippen molar-refractivity contribution in [2.75, 3.05) is 32.7 Å². The van der Waals surface area contributed by atoms with E-state index in [9.17, 15) is 9.59 Å². The molecule has 2 aromatic carbocycles. The topological polar surface area (TPSA) is 82.2 Å². The van der Waals surface area contributed by atoms with Crippen LogP contribution in [0.25, 0.3) is 22.6 Å². The van der Waals surface area contributed by atoms with Gasteiger partial charge in [0, 0.05) is 31.7 Å². The molecule has 1 N–H and O–H groups in total. The van der Waals surface area contributed by atoms with Gasteiger partial charge in [0.1, 0.15) is 11.4 Å². The van der Waals surface area contributed by atoms with Crippen molar-refractivity contribution in [1.29, 1.82) is 0 Å². The number of aromatic amines is 1. The lowest BCUT2D eigenvalue weighted by Crippen LogP contribution is -2.50. The first-order valence-electron chi connectivity index (χ1n) is 11.1. The summed E-state index contributed by atoms with van der Waals surface area (Å²) in [7, 11) is 0. The molecule has 1 fully saturated rings. The molecule has 0 aliphatic carbocycles. The third-order valence-electron chi connectivity index (χ3n) is 5.94. The number of para-hydroxylation sites is 2. The van der Waals surface area contributed by atoms with Crippen LogP contribution in [0, 0.1) is 6.92 Å². The van der Waals surface area contributed by atoms with Crippen molar-refractivity contribution >= 4 is 22.7 Å². The van der Waals surface area contributed by atoms with Crippen molar-refractivity contribution in [2.24, 2.45) is 0 Å². The summed E-state index contributed by atoms with van der Waals surface area (Å²) in [6, 6.07) is 20.9. The maximum Gasteiger partial charge on any atom is 0.272 e. The van der Waals surface area contributed by atoms with Gasteiger partial charge in [-0.15, -0.1) is 0 Å². The van der Waals surface area contributed by atoms with Gasteiger partial charge in [0.05, 0.1) is 17.6 Å². The number of aryl methyl sites for hydroxylation is 1. The number of fused-ring (bicyclic) bond motifs is 1. The highest BCUT2D eigenvalue weighted by Crippen LogP contribution is 2.21. The SMILES string of the molecule is Cc1cc(C(=O)N2CCN(CC(=O)c3ccccc3)CC2)nc(-c2nc3ccccc3[nH]2)c1. The first-order chi connectivity index (χ1) is 16.1. The van der Waals surface area contributed by atoms with Crippen molar-refractivity contribution in [3.05, 3.63) is 83.6 Å². The number of aromatic nitrogens is 3. The van der Waals surface area contributed by atoms with Gasteiger partial charge in [0.25, 0.3) is 5.91 Å². The lowest BCUT2D eigenvalue weighted by Gasteiger charge is -2.34. The number of pyridine rings is 1. The van der Waals surface area contributed by atoms with Crippen LogP contribution in [0.2, 0.25) is 0 Å². The maximum atomic E-state index is 13.2. The molecule has 166 valence electrons. The number of nitrogens with zero attached hydrogens (tertiary/aromatic N) is 4. The van der Waals surface area contributed by atoms with E-state index in [0.29, 0.717) is 49.9 Å². The molecule has 0 atom stereocenters. The molecular formula is C26H25N5O2. The van der Waals surface area contributed by atoms with Crippen molar-refractivity contribution in [1.82, 2.24) is 24.8 Å². The van der Waals surface area contributed by atoms with Gasteiger partial charge in [-0.1, -0.05) is 42.5 Å².